The number of carbonyl (C=O) groups is 3. The summed E-state index contributed by atoms with van der Waals surface area (Å²) in [7, 11) is 1.36. The maximum Gasteiger partial charge on any atom is 0.317 e. The number of hydrogen-bond donors (Lipinski definition) is 1. The van der Waals surface area contributed by atoms with Crippen molar-refractivity contribution in [3.8, 4) is 0 Å². The molecule has 1 fully saturated rings. The summed E-state index contributed by atoms with van der Waals surface area (Å²) in [5, 5.41) is 11.5. The summed E-state index contributed by atoms with van der Waals surface area (Å²) < 4.78 is 5.20. The molecule has 6 nitrogen and oxygen atoms in total. The SMILES string of the molecule is COC(=O)[C@]12CCCCC=C1N(Cc1cccc3ccccc13)C(=O)[C@@H](CC(=O)O)C2. The Bertz CT molecular complexity index is 1050. The lowest BCUT2D eigenvalue weighted by molar-refractivity contribution is -0.161. The van der Waals surface area contributed by atoms with Crippen molar-refractivity contribution in [2.75, 3.05) is 7.11 Å². The Balaban J connectivity index is 1.82. The molecule has 1 saturated heterocycles. The van der Waals surface area contributed by atoms with Crippen LogP contribution in [0.5, 0.6) is 0 Å². The molecule has 31 heavy (non-hydrogen) atoms. The first-order valence-electron chi connectivity index (χ1n) is 10.7. The molecule has 4 rings (SSSR count). The molecule has 0 bridgehead atoms. The fourth-order valence-corrected chi connectivity index (χ4v) is 5.17. The number of carbonyl (C=O) groups excluding carboxylic acids is 2. The van der Waals surface area contributed by atoms with Gasteiger partial charge in [-0.15, -0.1) is 0 Å². The smallest absolute Gasteiger partial charge is 0.317 e. The zero-order chi connectivity index (χ0) is 22.0. The van der Waals surface area contributed by atoms with E-state index < -0.39 is 17.3 Å². The summed E-state index contributed by atoms with van der Waals surface area (Å²) >= 11 is 0. The molecule has 1 N–H and O–H groups in total. The van der Waals surface area contributed by atoms with Gasteiger partial charge in [0, 0.05) is 5.70 Å². The Hall–Kier alpha value is -3.15. The van der Waals surface area contributed by atoms with Gasteiger partial charge in [-0.1, -0.05) is 55.0 Å². The molecule has 0 radical (unpaired) electrons. The average molecular weight is 421 g/mol. The van der Waals surface area contributed by atoms with E-state index in [2.05, 4.69) is 0 Å². The Morgan fingerprint density at radius 3 is 2.71 bits per heavy atom. The molecule has 2 aromatic rings. The van der Waals surface area contributed by atoms with E-state index in [0.29, 0.717) is 18.7 Å². The van der Waals surface area contributed by atoms with Gasteiger partial charge >= 0.3 is 11.9 Å². The van der Waals surface area contributed by atoms with Crippen molar-refractivity contribution in [1.29, 1.82) is 0 Å². The van der Waals surface area contributed by atoms with E-state index in [4.69, 9.17) is 4.74 Å². The summed E-state index contributed by atoms with van der Waals surface area (Å²) in [4.78, 5) is 39.7. The number of nitrogens with zero attached hydrogens (tertiary/aromatic N) is 1. The van der Waals surface area contributed by atoms with Crippen LogP contribution in [0.1, 0.15) is 44.1 Å². The van der Waals surface area contributed by atoms with Crippen LogP contribution in [0.3, 0.4) is 0 Å². The first-order valence-corrected chi connectivity index (χ1v) is 10.7. The van der Waals surface area contributed by atoms with Crippen molar-refractivity contribution in [1.82, 2.24) is 4.90 Å². The number of fused-ring (bicyclic) bond motifs is 2. The molecule has 1 aliphatic heterocycles. The Labute approximate surface area is 181 Å². The first-order chi connectivity index (χ1) is 15.0. The highest BCUT2D eigenvalue weighted by atomic mass is 16.5. The predicted octanol–water partition coefficient (Wildman–Crippen LogP) is 4.28. The zero-order valence-corrected chi connectivity index (χ0v) is 17.7. The Morgan fingerprint density at radius 2 is 1.94 bits per heavy atom. The number of likely N-dealkylation sites (tertiary alicyclic amines) is 1. The lowest BCUT2D eigenvalue weighted by Crippen LogP contribution is -2.52. The number of ether oxygens (including phenoxy) is 1. The number of amides is 1. The second-order valence-corrected chi connectivity index (χ2v) is 8.47. The minimum Gasteiger partial charge on any atom is -0.481 e. The molecule has 2 aromatic carbocycles. The molecule has 0 unspecified atom stereocenters. The number of allylic oxidation sites excluding steroid dienone is 1. The second-order valence-electron chi connectivity index (χ2n) is 8.47. The van der Waals surface area contributed by atoms with Crippen LogP contribution in [0.2, 0.25) is 0 Å². The van der Waals surface area contributed by atoms with Crippen molar-refractivity contribution >= 4 is 28.6 Å². The van der Waals surface area contributed by atoms with Gasteiger partial charge < -0.3 is 14.7 Å². The minimum absolute atomic E-state index is 0.183. The lowest BCUT2D eigenvalue weighted by Gasteiger charge is -2.45. The average Bonchev–Trinajstić information content (AvgIpc) is 2.99. The van der Waals surface area contributed by atoms with Gasteiger partial charge in [-0.3, -0.25) is 14.4 Å². The summed E-state index contributed by atoms with van der Waals surface area (Å²) in [6, 6.07) is 13.9. The number of carboxylic acid groups (broad SMARTS) is 1. The van der Waals surface area contributed by atoms with Crippen LogP contribution in [0.15, 0.2) is 54.2 Å². The summed E-state index contributed by atoms with van der Waals surface area (Å²) in [6.45, 7) is 0.293. The van der Waals surface area contributed by atoms with E-state index in [1.807, 2.05) is 48.5 Å². The third-order valence-electron chi connectivity index (χ3n) is 6.59. The Kier molecular flexibility index (Phi) is 5.81. The van der Waals surface area contributed by atoms with Crippen molar-refractivity contribution in [2.24, 2.45) is 11.3 Å². The van der Waals surface area contributed by atoms with Gasteiger partial charge in [0.1, 0.15) is 5.41 Å². The predicted molar refractivity (Wildman–Crippen MR) is 116 cm³/mol. The summed E-state index contributed by atoms with van der Waals surface area (Å²) in [5.41, 5.74) is 0.659. The quantitative estimate of drug-likeness (QED) is 0.729. The van der Waals surface area contributed by atoms with Crippen LogP contribution in [0, 0.1) is 11.3 Å². The molecule has 162 valence electrons. The van der Waals surface area contributed by atoms with Crippen molar-refractivity contribution in [3.05, 3.63) is 59.8 Å². The molecule has 1 heterocycles. The van der Waals surface area contributed by atoms with Crippen LogP contribution < -0.4 is 0 Å². The van der Waals surface area contributed by atoms with Crippen LogP contribution in [0.25, 0.3) is 10.8 Å². The fourth-order valence-electron chi connectivity index (χ4n) is 5.17. The van der Waals surface area contributed by atoms with Crippen molar-refractivity contribution < 1.29 is 24.2 Å². The van der Waals surface area contributed by atoms with Gasteiger partial charge in [0.05, 0.1) is 26.0 Å². The third-order valence-corrected chi connectivity index (χ3v) is 6.59. The molecule has 0 saturated carbocycles. The van der Waals surface area contributed by atoms with E-state index in [1.165, 1.54) is 7.11 Å². The fraction of sp³-hybridized carbons (Fsp3) is 0.400. The van der Waals surface area contributed by atoms with Crippen LogP contribution in [-0.4, -0.2) is 35.0 Å². The number of esters is 1. The normalized spacial score (nSPS) is 23.6. The standard InChI is InChI=1S/C25H27NO5/c1-31-24(30)25-13-6-2-3-12-21(25)26(23(29)19(15-25)14-22(27)28)16-18-10-7-9-17-8-4-5-11-20(17)18/h4-5,7-12,19H,2-3,6,13-16H2,1H3,(H,27,28)/t19-,25-/m0/s1. The number of hydrogen-bond acceptors (Lipinski definition) is 4. The first kappa shape index (κ1) is 21.1. The second kappa shape index (κ2) is 8.53. The molecule has 2 aliphatic rings. The highest BCUT2D eigenvalue weighted by molar-refractivity contribution is 5.92. The molecule has 0 aromatic heterocycles. The number of aliphatic carboxylic acids is 1. The molecular formula is C25H27NO5. The zero-order valence-electron chi connectivity index (χ0n) is 17.7. The molecule has 1 amide bonds. The van der Waals surface area contributed by atoms with E-state index in [0.717, 1.165) is 35.6 Å². The number of rotatable bonds is 5. The van der Waals surface area contributed by atoms with E-state index in [1.54, 1.807) is 4.90 Å². The lowest BCUT2D eigenvalue weighted by atomic mass is 9.69. The van der Waals surface area contributed by atoms with Gasteiger partial charge in [0.25, 0.3) is 0 Å². The van der Waals surface area contributed by atoms with Crippen molar-refractivity contribution in [2.45, 2.75) is 45.1 Å². The maximum absolute atomic E-state index is 13.5. The summed E-state index contributed by atoms with van der Waals surface area (Å²) in [6.07, 6.45) is 4.95. The molecule has 6 heteroatoms. The van der Waals surface area contributed by atoms with Crippen LogP contribution in [0.4, 0.5) is 0 Å². The van der Waals surface area contributed by atoms with E-state index >= 15 is 0 Å². The number of benzene rings is 2. The Morgan fingerprint density at radius 1 is 1.16 bits per heavy atom. The highest BCUT2D eigenvalue weighted by Gasteiger charge is 2.53. The minimum atomic E-state index is -1.04. The molecule has 2 atom stereocenters. The van der Waals surface area contributed by atoms with Gasteiger partial charge in [0.15, 0.2) is 0 Å². The van der Waals surface area contributed by atoms with E-state index in [9.17, 15) is 19.5 Å². The topological polar surface area (TPSA) is 83.9 Å². The largest absolute Gasteiger partial charge is 0.481 e. The van der Waals surface area contributed by atoms with Gasteiger partial charge in [-0.2, -0.15) is 0 Å². The monoisotopic (exact) mass is 421 g/mol. The molecule has 0 spiro atoms. The maximum atomic E-state index is 13.5. The van der Waals surface area contributed by atoms with Gasteiger partial charge in [0.2, 0.25) is 5.91 Å². The summed E-state index contributed by atoms with van der Waals surface area (Å²) in [5.74, 6) is -2.42. The number of piperidine rings is 1. The van der Waals surface area contributed by atoms with Crippen LogP contribution >= 0.6 is 0 Å². The number of carboxylic acids is 1. The van der Waals surface area contributed by atoms with Crippen LogP contribution in [-0.2, 0) is 25.7 Å². The van der Waals surface area contributed by atoms with E-state index in [-0.39, 0.29) is 24.7 Å². The van der Waals surface area contributed by atoms with Gasteiger partial charge in [-0.25, -0.2) is 0 Å². The third kappa shape index (κ3) is 3.82. The van der Waals surface area contributed by atoms with Gasteiger partial charge in [-0.05, 0) is 42.0 Å². The molecule has 1 aliphatic carbocycles. The molecular weight excluding hydrogens is 394 g/mol. The number of methoxy groups -OCH3 is 1. The van der Waals surface area contributed by atoms with Crippen molar-refractivity contribution in [3.63, 3.8) is 0 Å². The highest BCUT2D eigenvalue weighted by Crippen LogP contribution is 2.49.